The van der Waals surface area contributed by atoms with Crippen LogP contribution in [-0.4, -0.2) is 51.4 Å². The van der Waals surface area contributed by atoms with Gasteiger partial charge in [-0.05, 0) is 48.9 Å². The van der Waals surface area contributed by atoms with Gasteiger partial charge in [-0.2, -0.15) is 4.31 Å². The van der Waals surface area contributed by atoms with E-state index in [1.165, 1.54) is 17.5 Å². The summed E-state index contributed by atoms with van der Waals surface area (Å²) in [5.41, 5.74) is 1.31. The molecule has 162 valence electrons. The van der Waals surface area contributed by atoms with Gasteiger partial charge in [-0.25, -0.2) is 13.2 Å². The summed E-state index contributed by atoms with van der Waals surface area (Å²) in [6, 6.07) is 11.0. The summed E-state index contributed by atoms with van der Waals surface area (Å²) in [5.74, 6) is -0.488. The van der Waals surface area contributed by atoms with E-state index in [1.807, 2.05) is 0 Å². The first-order chi connectivity index (χ1) is 14.2. The third-order valence-electron chi connectivity index (χ3n) is 4.47. The first kappa shape index (κ1) is 23.4. The Labute approximate surface area is 176 Å². The molecule has 2 rings (SSSR count). The second-order valence-electron chi connectivity index (χ2n) is 6.41. The molecule has 2 aromatic carbocycles. The second kappa shape index (κ2) is 10.2. The lowest BCUT2D eigenvalue weighted by Gasteiger charge is -2.20. The molecule has 30 heavy (non-hydrogen) atoms. The van der Waals surface area contributed by atoms with Gasteiger partial charge in [0.05, 0.1) is 12.0 Å². The second-order valence-corrected chi connectivity index (χ2v) is 8.32. The van der Waals surface area contributed by atoms with Gasteiger partial charge in [0.15, 0.2) is 6.61 Å². The Balaban J connectivity index is 2.17. The van der Waals surface area contributed by atoms with Gasteiger partial charge in [0.25, 0.3) is 5.91 Å². The van der Waals surface area contributed by atoms with Crippen LogP contribution >= 0.6 is 0 Å². The molecule has 0 saturated heterocycles. The molecule has 8 nitrogen and oxygen atoms in total. The van der Waals surface area contributed by atoms with Crippen molar-refractivity contribution in [3.63, 3.8) is 0 Å². The lowest BCUT2D eigenvalue weighted by atomic mass is 10.1. The number of anilines is 1. The maximum atomic E-state index is 12.9. The Hall–Kier alpha value is -2.91. The van der Waals surface area contributed by atoms with Gasteiger partial charge < -0.3 is 14.8 Å². The van der Waals surface area contributed by atoms with E-state index in [-0.39, 0.29) is 17.1 Å². The van der Waals surface area contributed by atoms with Gasteiger partial charge in [-0.3, -0.25) is 4.79 Å². The van der Waals surface area contributed by atoms with Gasteiger partial charge in [0, 0.05) is 24.3 Å². The number of hydrogen-bond donors (Lipinski definition) is 1. The van der Waals surface area contributed by atoms with Crippen LogP contribution in [0.1, 0.15) is 29.8 Å². The summed E-state index contributed by atoms with van der Waals surface area (Å²) in [4.78, 5) is 23.9. The molecule has 1 N–H and O–H groups in total. The molecule has 2 aromatic rings. The van der Waals surface area contributed by atoms with Gasteiger partial charge in [0.2, 0.25) is 10.0 Å². The largest absolute Gasteiger partial charge is 0.482 e. The number of nitrogens with zero attached hydrogens (tertiary/aromatic N) is 1. The zero-order valence-corrected chi connectivity index (χ0v) is 18.3. The number of aryl methyl sites for hydroxylation is 1. The molecular formula is C21H26N2O6S. The number of rotatable bonds is 9. The van der Waals surface area contributed by atoms with E-state index in [1.54, 1.807) is 57.2 Å². The molecule has 0 bridgehead atoms. The number of benzene rings is 2. The SMILES string of the molecule is CCN(CC)S(=O)(=O)c1cc(C(=O)Nc2ccc(OCC(=O)OC)cc2)ccc1C. The van der Waals surface area contributed by atoms with Crippen molar-refractivity contribution < 1.29 is 27.5 Å². The van der Waals surface area contributed by atoms with Crippen molar-refractivity contribution in [3.8, 4) is 5.75 Å². The number of nitrogens with one attached hydrogen (secondary N) is 1. The van der Waals surface area contributed by atoms with Crippen molar-refractivity contribution in [2.75, 3.05) is 32.1 Å². The Kier molecular flexibility index (Phi) is 7.96. The van der Waals surface area contributed by atoms with Crippen molar-refractivity contribution in [3.05, 3.63) is 53.6 Å². The fraction of sp³-hybridized carbons (Fsp3) is 0.333. The van der Waals surface area contributed by atoms with Crippen molar-refractivity contribution in [2.24, 2.45) is 0 Å². The van der Waals surface area contributed by atoms with Crippen LogP contribution in [-0.2, 0) is 19.6 Å². The maximum absolute atomic E-state index is 12.9. The molecule has 1 amide bonds. The average molecular weight is 435 g/mol. The smallest absolute Gasteiger partial charge is 0.343 e. The van der Waals surface area contributed by atoms with E-state index in [0.717, 1.165) is 0 Å². The van der Waals surface area contributed by atoms with E-state index in [4.69, 9.17) is 4.74 Å². The summed E-state index contributed by atoms with van der Waals surface area (Å²) in [7, 11) is -2.41. The number of hydrogen-bond acceptors (Lipinski definition) is 6. The van der Waals surface area contributed by atoms with Gasteiger partial charge in [-0.15, -0.1) is 0 Å². The highest BCUT2D eigenvalue weighted by Gasteiger charge is 2.24. The number of methoxy groups -OCH3 is 1. The zero-order valence-electron chi connectivity index (χ0n) is 17.5. The molecule has 0 heterocycles. The van der Waals surface area contributed by atoms with Crippen LogP contribution < -0.4 is 10.1 Å². The number of ether oxygens (including phenoxy) is 2. The third-order valence-corrected chi connectivity index (χ3v) is 6.66. The summed E-state index contributed by atoms with van der Waals surface area (Å²) in [6.07, 6.45) is 0. The normalized spacial score (nSPS) is 11.2. The van der Waals surface area contributed by atoms with E-state index < -0.39 is 21.9 Å². The molecule has 0 aliphatic carbocycles. The lowest BCUT2D eigenvalue weighted by Crippen LogP contribution is -2.31. The highest BCUT2D eigenvalue weighted by molar-refractivity contribution is 7.89. The Morgan fingerprint density at radius 3 is 2.23 bits per heavy atom. The molecular weight excluding hydrogens is 408 g/mol. The number of sulfonamides is 1. The standard InChI is InChI=1S/C21H26N2O6S/c1-5-23(6-2)30(26,27)19-13-16(8-7-15(19)3)21(25)22-17-9-11-18(12-10-17)29-14-20(24)28-4/h7-13H,5-6,14H2,1-4H3,(H,22,25). The van der Waals surface area contributed by atoms with Crippen LogP contribution in [0.5, 0.6) is 5.75 Å². The van der Waals surface area contributed by atoms with Gasteiger partial charge in [-0.1, -0.05) is 19.9 Å². The van der Waals surface area contributed by atoms with E-state index >= 15 is 0 Å². The highest BCUT2D eigenvalue weighted by atomic mass is 32.2. The van der Waals surface area contributed by atoms with Gasteiger partial charge in [0.1, 0.15) is 5.75 Å². The number of carbonyl (C=O) groups is 2. The van der Waals surface area contributed by atoms with Crippen molar-refractivity contribution in [1.29, 1.82) is 0 Å². The minimum atomic E-state index is -3.68. The first-order valence-corrected chi connectivity index (χ1v) is 10.9. The van der Waals surface area contributed by atoms with Crippen LogP contribution in [0.3, 0.4) is 0 Å². The predicted octanol–water partition coefficient (Wildman–Crippen LogP) is 2.83. The Morgan fingerprint density at radius 2 is 1.67 bits per heavy atom. The fourth-order valence-electron chi connectivity index (χ4n) is 2.76. The summed E-state index contributed by atoms with van der Waals surface area (Å²) < 4.78 is 36.8. The van der Waals surface area contributed by atoms with Crippen molar-refractivity contribution in [1.82, 2.24) is 4.31 Å². The molecule has 0 atom stereocenters. The summed E-state index contributed by atoms with van der Waals surface area (Å²) >= 11 is 0. The van der Waals surface area contributed by atoms with Crippen LogP contribution in [0, 0.1) is 6.92 Å². The number of esters is 1. The predicted molar refractivity (Wildman–Crippen MR) is 113 cm³/mol. The van der Waals surface area contributed by atoms with Crippen molar-refractivity contribution >= 4 is 27.6 Å². The molecule has 9 heteroatoms. The summed E-state index contributed by atoms with van der Waals surface area (Å²) in [5, 5.41) is 2.72. The van der Waals surface area contributed by atoms with Crippen LogP contribution in [0.4, 0.5) is 5.69 Å². The molecule has 0 aliphatic heterocycles. The Bertz CT molecular complexity index is 999. The highest BCUT2D eigenvalue weighted by Crippen LogP contribution is 2.22. The Morgan fingerprint density at radius 1 is 1.03 bits per heavy atom. The molecule has 0 aromatic heterocycles. The maximum Gasteiger partial charge on any atom is 0.343 e. The number of carbonyl (C=O) groups excluding carboxylic acids is 2. The lowest BCUT2D eigenvalue weighted by molar-refractivity contribution is -0.142. The molecule has 0 unspecified atom stereocenters. The minimum absolute atomic E-state index is 0.116. The van der Waals surface area contributed by atoms with E-state index in [9.17, 15) is 18.0 Å². The van der Waals surface area contributed by atoms with Crippen LogP contribution in [0.25, 0.3) is 0 Å². The van der Waals surface area contributed by atoms with E-state index in [0.29, 0.717) is 30.1 Å². The summed E-state index contributed by atoms with van der Waals surface area (Å²) in [6.45, 7) is 5.72. The third kappa shape index (κ3) is 5.58. The van der Waals surface area contributed by atoms with Gasteiger partial charge >= 0.3 is 5.97 Å². The molecule has 0 saturated carbocycles. The topological polar surface area (TPSA) is 102 Å². The minimum Gasteiger partial charge on any atom is -0.482 e. The number of amides is 1. The van der Waals surface area contributed by atoms with Crippen LogP contribution in [0.15, 0.2) is 47.4 Å². The van der Waals surface area contributed by atoms with Crippen molar-refractivity contribution in [2.45, 2.75) is 25.7 Å². The van der Waals surface area contributed by atoms with E-state index in [2.05, 4.69) is 10.1 Å². The molecule has 0 fully saturated rings. The molecule has 0 aliphatic rings. The quantitative estimate of drug-likeness (QED) is 0.609. The molecule has 0 radical (unpaired) electrons. The molecule has 0 spiro atoms. The monoisotopic (exact) mass is 434 g/mol. The average Bonchev–Trinajstić information content (AvgIpc) is 2.73. The fourth-order valence-corrected chi connectivity index (χ4v) is 4.47. The zero-order chi connectivity index (χ0) is 22.3. The first-order valence-electron chi connectivity index (χ1n) is 9.44. The van der Waals surface area contributed by atoms with Crippen LogP contribution in [0.2, 0.25) is 0 Å².